The van der Waals surface area contributed by atoms with Gasteiger partial charge in [0.15, 0.2) is 11.6 Å². The summed E-state index contributed by atoms with van der Waals surface area (Å²) in [5.41, 5.74) is 5.51. The van der Waals surface area contributed by atoms with Gasteiger partial charge in [0.1, 0.15) is 11.9 Å². The minimum absolute atomic E-state index is 0.197. The topological polar surface area (TPSA) is 60.2 Å². The van der Waals surface area contributed by atoms with Gasteiger partial charge in [-0.1, -0.05) is 0 Å². The normalized spacial score (nSPS) is 20.6. The van der Waals surface area contributed by atoms with Gasteiger partial charge >= 0.3 is 0 Å². The SMILES string of the molecule is CC1CNc2nc(N)ccc2O1. The van der Waals surface area contributed by atoms with Crippen molar-refractivity contribution in [2.24, 2.45) is 0 Å². The largest absolute Gasteiger partial charge is 0.485 e. The molecule has 0 aromatic carbocycles. The van der Waals surface area contributed by atoms with Crippen LogP contribution in [0.25, 0.3) is 0 Å². The fourth-order valence-corrected chi connectivity index (χ4v) is 1.18. The van der Waals surface area contributed by atoms with Crippen molar-refractivity contribution >= 4 is 11.6 Å². The van der Waals surface area contributed by atoms with Crippen molar-refractivity contribution in [3.05, 3.63) is 12.1 Å². The molecule has 0 radical (unpaired) electrons. The Morgan fingerprint density at radius 1 is 1.67 bits per heavy atom. The summed E-state index contributed by atoms with van der Waals surface area (Å²) in [6, 6.07) is 3.57. The van der Waals surface area contributed by atoms with E-state index in [1.807, 2.05) is 13.0 Å². The average molecular weight is 165 g/mol. The third-order valence-electron chi connectivity index (χ3n) is 1.76. The highest BCUT2D eigenvalue weighted by atomic mass is 16.5. The molecule has 0 amide bonds. The zero-order valence-corrected chi connectivity index (χ0v) is 6.87. The molecule has 3 N–H and O–H groups in total. The summed E-state index contributed by atoms with van der Waals surface area (Å²) in [7, 11) is 0. The molecule has 4 heteroatoms. The summed E-state index contributed by atoms with van der Waals surface area (Å²) in [6.07, 6.45) is 0.197. The number of anilines is 2. The second-order valence-corrected chi connectivity index (χ2v) is 2.89. The number of hydrogen-bond donors (Lipinski definition) is 2. The molecule has 1 atom stereocenters. The summed E-state index contributed by atoms with van der Waals surface area (Å²) >= 11 is 0. The first-order chi connectivity index (χ1) is 5.75. The summed E-state index contributed by atoms with van der Waals surface area (Å²) < 4.78 is 5.51. The van der Waals surface area contributed by atoms with Gasteiger partial charge in [0.25, 0.3) is 0 Å². The minimum atomic E-state index is 0.197. The van der Waals surface area contributed by atoms with E-state index < -0.39 is 0 Å². The van der Waals surface area contributed by atoms with Gasteiger partial charge in [-0.3, -0.25) is 0 Å². The van der Waals surface area contributed by atoms with E-state index in [2.05, 4.69) is 10.3 Å². The van der Waals surface area contributed by atoms with Crippen molar-refractivity contribution < 1.29 is 4.74 Å². The molecule has 0 saturated carbocycles. The van der Waals surface area contributed by atoms with E-state index in [4.69, 9.17) is 10.5 Å². The Balaban J connectivity index is 2.37. The van der Waals surface area contributed by atoms with E-state index in [1.54, 1.807) is 6.07 Å². The van der Waals surface area contributed by atoms with Gasteiger partial charge in [0.05, 0.1) is 6.54 Å². The molecule has 1 unspecified atom stereocenters. The number of pyridine rings is 1. The lowest BCUT2D eigenvalue weighted by molar-refractivity contribution is 0.225. The van der Waals surface area contributed by atoms with Gasteiger partial charge in [0.2, 0.25) is 0 Å². The molecule has 1 aromatic rings. The quantitative estimate of drug-likeness (QED) is 0.598. The van der Waals surface area contributed by atoms with Crippen LogP contribution in [0.15, 0.2) is 12.1 Å². The van der Waals surface area contributed by atoms with Gasteiger partial charge in [-0.2, -0.15) is 0 Å². The van der Waals surface area contributed by atoms with Crippen LogP contribution in [-0.4, -0.2) is 17.6 Å². The fourth-order valence-electron chi connectivity index (χ4n) is 1.18. The molecule has 1 aromatic heterocycles. The molecular formula is C8H11N3O. The number of hydrogen-bond acceptors (Lipinski definition) is 4. The van der Waals surface area contributed by atoms with Crippen molar-refractivity contribution in [1.82, 2.24) is 4.98 Å². The van der Waals surface area contributed by atoms with Crippen LogP contribution in [0.3, 0.4) is 0 Å². The first-order valence-corrected chi connectivity index (χ1v) is 3.93. The second kappa shape index (κ2) is 2.55. The van der Waals surface area contributed by atoms with Crippen LogP contribution in [0.2, 0.25) is 0 Å². The Bertz CT molecular complexity index is 300. The van der Waals surface area contributed by atoms with Crippen LogP contribution in [0.5, 0.6) is 5.75 Å². The zero-order valence-electron chi connectivity index (χ0n) is 6.87. The number of nitrogen functional groups attached to an aromatic ring is 1. The van der Waals surface area contributed by atoms with Crippen LogP contribution in [-0.2, 0) is 0 Å². The molecule has 2 rings (SSSR count). The summed E-state index contributed by atoms with van der Waals surface area (Å²) in [5.74, 6) is 2.04. The summed E-state index contributed by atoms with van der Waals surface area (Å²) in [5, 5.41) is 3.14. The minimum Gasteiger partial charge on any atom is -0.485 e. The van der Waals surface area contributed by atoms with Gasteiger partial charge in [-0.25, -0.2) is 4.98 Å². The van der Waals surface area contributed by atoms with E-state index in [1.165, 1.54) is 0 Å². The smallest absolute Gasteiger partial charge is 0.171 e. The Hall–Kier alpha value is -1.45. The molecule has 64 valence electrons. The molecular weight excluding hydrogens is 154 g/mol. The highest BCUT2D eigenvalue weighted by molar-refractivity contribution is 5.55. The monoisotopic (exact) mass is 165 g/mol. The third kappa shape index (κ3) is 1.15. The number of nitrogens with zero attached hydrogens (tertiary/aromatic N) is 1. The lowest BCUT2D eigenvalue weighted by Crippen LogP contribution is -2.28. The Kier molecular flexibility index (Phi) is 1.53. The average Bonchev–Trinajstić information content (AvgIpc) is 2.05. The number of rotatable bonds is 0. The Morgan fingerprint density at radius 3 is 3.33 bits per heavy atom. The van der Waals surface area contributed by atoms with Gasteiger partial charge in [-0.05, 0) is 19.1 Å². The lowest BCUT2D eigenvalue weighted by Gasteiger charge is -2.23. The molecule has 0 spiro atoms. The molecule has 12 heavy (non-hydrogen) atoms. The van der Waals surface area contributed by atoms with E-state index in [0.29, 0.717) is 5.82 Å². The van der Waals surface area contributed by atoms with Crippen LogP contribution >= 0.6 is 0 Å². The molecule has 4 nitrogen and oxygen atoms in total. The van der Waals surface area contributed by atoms with Crippen molar-refractivity contribution in [3.8, 4) is 5.75 Å². The van der Waals surface area contributed by atoms with Gasteiger partial charge in [-0.15, -0.1) is 0 Å². The number of nitrogens with two attached hydrogens (primary N) is 1. The highest BCUT2D eigenvalue weighted by Crippen LogP contribution is 2.27. The van der Waals surface area contributed by atoms with Crippen LogP contribution in [0.4, 0.5) is 11.6 Å². The first kappa shape index (κ1) is 7.21. The predicted octanol–water partition coefficient (Wildman–Crippen LogP) is 0.857. The standard InChI is InChI=1S/C8H11N3O/c1-5-4-10-8-6(12-5)2-3-7(9)11-8/h2-3,5H,4H2,1H3,(H3,9,10,11). The van der Waals surface area contributed by atoms with Crippen molar-refractivity contribution in [1.29, 1.82) is 0 Å². The fraction of sp³-hybridized carbons (Fsp3) is 0.375. The van der Waals surface area contributed by atoms with E-state index in [0.717, 1.165) is 18.1 Å². The summed E-state index contributed by atoms with van der Waals surface area (Å²) in [6.45, 7) is 2.79. The maximum atomic E-state index is 5.51. The maximum Gasteiger partial charge on any atom is 0.171 e. The maximum absolute atomic E-state index is 5.51. The van der Waals surface area contributed by atoms with Crippen molar-refractivity contribution in [2.75, 3.05) is 17.6 Å². The van der Waals surface area contributed by atoms with Gasteiger partial charge < -0.3 is 15.8 Å². The number of nitrogens with one attached hydrogen (secondary N) is 1. The zero-order chi connectivity index (χ0) is 8.55. The Morgan fingerprint density at radius 2 is 2.50 bits per heavy atom. The van der Waals surface area contributed by atoms with Crippen molar-refractivity contribution in [2.45, 2.75) is 13.0 Å². The number of ether oxygens (including phenoxy) is 1. The molecule has 0 aliphatic carbocycles. The highest BCUT2D eigenvalue weighted by Gasteiger charge is 2.15. The summed E-state index contributed by atoms with van der Waals surface area (Å²) in [4.78, 5) is 4.09. The Labute approximate surface area is 70.7 Å². The molecule has 1 aliphatic rings. The van der Waals surface area contributed by atoms with Crippen LogP contribution in [0, 0.1) is 0 Å². The van der Waals surface area contributed by atoms with Crippen LogP contribution in [0.1, 0.15) is 6.92 Å². The molecule has 1 aliphatic heterocycles. The van der Waals surface area contributed by atoms with E-state index in [9.17, 15) is 0 Å². The predicted molar refractivity (Wildman–Crippen MR) is 47.2 cm³/mol. The van der Waals surface area contributed by atoms with E-state index in [-0.39, 0.29) is 6.10 Å². The number of fused-ring (bicyclic) bond motifs is 1. The molecule has 0 fully saturated rings. The van der Waals surface area contributed by atoms with E-state index >= 15 is 0 Å². The van der Waals surface area contributed by atoms with Crippen LogP contribution < -0.4 is 15.8 Å². The molecule has 0 saturated heterocycles. The molecule has 0 bridgehead atoms. The van der Waals surface area contributed by atoms with Gasteiger partial charge in [0, 0.05) is 0 Å². The van der Waals surface area contributed by atoms with Crippen molar-refractivity contribution in [3.63, 3.8) is 0 Å². The third-order valence-corrected chi connectivity index (χ3v) is 1.76. The second-order valence-electron chi connectivity index (χ2n) is 2.89. The first-order valence-electron chi connectivity index (χ1n) is 3.93. The lowest BCUT2D eigenvalue weighted by atomic mass is 10.3. The molecule has 2 heterocycles. The number of aromatic nitrogens is 1.